The highest BCUT2D eigenvalue weighted by molar-refractivity contribution is 5.76. The Bertz CT molecular complexity index is 533. The second-order valence-corrected chi connectivity index (χ2v) is 6.51. The van der Waals surface area contributed by atoms with Gasteiger partial charge in [-0.2, -0.15) is 0 Å². The fraction of sp³-hybridized carbons (Fsp3) is 0.588. The predicted octanol–water partition coefficient (Wildman–Crippen LogP) is 3.30. The van der Waals surface area contributed by atoms with Crippen LogP contribution >= 0.6 is 0 Å². The monoisotopic (exact) mass is 310 g/mol. The molecule has 22 heavy (non-hydrogen) atoms. The van der Waals surface area contributed by atoms with Gasteiger partial charge in [0.05, 0.1) is 6.04 Å². The minimum Gasteiger partial charge on any atom is -0.349 e. The Kier molecular flexibility index (Phi) is 5.51. The molecule has 0 spiro atoms. The molecule has 1 unspecified atom stereocenters. The van der Waals surface area contributed by atoms with Gasteiger partial charge in [0.1, 0.15) is 11.6 Å². The van der Waals surface area contributed by atoms with Crippen molar-refractivity contribution in [3.63, 3.8) is 0 Å². The zero-order valence-corrected chi connectivity index (χ0v) is 13.1. The summed E-state index contributed by atoms with van der Waals surface area (Å²) in [5, 5.41) is 2.88. The minimum absolute atomic E-state index is 0.00108. The lowest BCUT2D eigenvalue weighted by atomic mass is 9.94. The van der Waals surface area contributed by atoms with Gasteiger partial charge in [0, 0.05) is 24.1 Å². The Balaban J connectivity index is 2.06. The quantitative estimate of drug-likeness (QED) is 0.877. The van der Waals surface area contributed by atoms with E-state index in [4.69, 9.17) is 5.73 Å². The summed E-state index contributed by atoms with van der Waals surface area (Å²) in [7, 11) is 0. The molecule has 1 amide bonds. The number of rotatable bonds is 5. The number of benzene rings is 1. The summed E-state index contributed by atoms with van der Waals surface area (Å²) in [5.74, 6) is -1.17. The Morgan fingerprint density at radius 1 is 1.36 bits per heavy atom. The summed E-state index contributed by atoms with van der Waals surface area (Å²) in [6.07, 6.45) is 3.34. The van der Waals surface area contributed by atoms with Crippen LogP contribution in [0.25, 0.3) is 0 Å². The Labute approximate surface area is 130 Å². The van der Waals surface area contributed by atoms with E-state index in [1.807, 2.05) is 13.8 Å². The number of halogens is 2. The number of carbonyl (C=O) groups is 1. The maximum atomic E-state index is 14.0. The molecule has 1 saturated carbocycles. The van der Waals surface area contributed by atoms with Crippen molar-refractivity contribution in [2.45, 2.75) is 51.6 Å². The van der Waals surface area contributed by atoms with Crippen LogP contribution in [0.3, 0.4) is 0 Å². The number of nitrogens with two attached hydrogens (primary N) is 1. The van der Waals surface area contributed by atoms with Crippen LogP contribution in [0.15, 0.2) is 18.2 Å². The molecule has 1 aliphatic rings. The van der Waals surface area contributed by atoms with E-state index in [1.165, 1.54) is 12.1 Å². The average molecular weight is 310 g/mol. The van der Waals surface area contributed by atoms with Gasteiger partial charge < -0.3 is 11.1 Å². The first-order valence-electron chi connectivity index (χ1n) is 7.88. The molecule has 0 aliphatic heterocycles. The van der Waals surface area contributed by atoms with E-state index in [0.29, 0.717) is 12.0 Å². The first kappa shape index (κ1) is 16.9. The number of amides is 1. The van der Waals surface area contributed by atoms with E-state index < -0.39 is 17.7 Å². The summed E-state index contributed by atoms with van der Waals surface area (Å²) in [4.78, 5) is 12.2. The fourth-order valence-corrected chi connectivity index (χ4v) is 3.15. The van der Waals surface area contributed by atoms with Gasteiger partial charge in [0.15, 0.2) is 0 Å². The smallest absolute Gasteiger partial charge is 0.220 e. The van der Waals surface area contributed by atoms with Crippen molar-refractivity contribution >= 4 is 5.91 Å². The Morgan fingerprint density at radius 3 is 2.64 bits per heavy atom. The van der Waals surface area contributed by atoms with Crippen molar-refractivity contribution < 1.29 is 13.6 Å². The third-order valence-electron chi connectivity index (χ3n) is 4.45. The summed E-state index contributed by atoms with van der Waals surface area (Å²) in [6.45, 7) is 3.80. The van der Waals surface area contributed by atoms with Crippen LogP contribution in [0.4, 0.5) is 8.78 Å². The van der Waals surface area contributed by atoms with Crippen molar-refractivity contribution in [3.8, 4) is 0 Å². The van der Waals surface area contributed by atoms with Crippen LogP contribution < -0.4 is 11.1 Å². The van der Waals surface area contributed by atoms with E-state index in [1.54, 1.807) is 0 Å². The summed E-state index contributed by atoms with van der Waals surface area (Å²) >= 11 is 0. The third kappa shape index (κ3) is 4.03. The summed E-state index contributed by atoms with van der Waals surface area (Å²) in [6, 6.07) is 3.07. The fourth-order valence-electron chi connectivity index (χ4n) is 3.15. The van der Waals surface area contributed by atoms with Crippen molar-refractivity contribution in [2.24, 2.45) is 17.6 Å². The molecular formula is C17H24F2N2O. The number of hydrogen-bond acceptors (Lipinski definition) is 2. The van der Waals surface area contributed by atoms with E-state index >= 15 is 0 Å². The zero-order valence-electron chi connectivity index (χ0n) is 13.1. The molecule has 1 aromatic rings. The van der Waals surface area contributed by atoms with Crippen molar-refractivity contribution in [1.82, 2.24) is 5.32 Å². The van der Waals surface area contributed by atoms with Crippen LogP contribution in [-0.2, 0) is 4.79 Å². The minimum atomic E-state index is -0.628. The van der Waals surface area contributed by atoms with E-state index in [0.717, 1.165) is 25.3 Å². The maximum absolute atomic E-state index is 14.0. The highest BCUT2D eigenvalue weighted by atomic mass is 19.1. The van der Waals surface area contributed by atoms with Crippen LogP contribution in [0.1, 0.15) is 51.1 Å². The standard InChI is InChI=1S/C17H24F2N2O/c1-10(2)17(13-7-6-12(18)9-14(13)19)21-16(22)8-11-4-3-5-15(11)20/h6-7,9-11,15,17H,3-5,8,20H2,1-2H3,(H,21,22)/t11-,15+,17?/m0/s1. The molecule has 3 nitrogen and oxygen atoms in total. The predicted molar refractivity (Wildman–Crippen MR) is 82.0 cm³/mol. The Morgan fingerprint density at radius 2 is 2.09 bits per heavy atom. The van der Waals surface area contributed by atoms with Gasteiger partial charge in [0.25, 0.3) is 0 Å². The van der Waals surface area contributed by atoms with Gasteiger partial charge in [-0.25, -0.2) is 8.78 Å². The highest BCUT2D eigenvalue weighted by Gasteiger charge is 2.28. The molecule has 1 aromatic carbocycles. The molecule has 122 valence electrons. The average Bonchev–Trinajstić information content (AvgIpc) is 2.82. The van der Waals surface area contributed by atoms with Crippen LogP contribution in [0.2, 0.25) is 0 Å². The zero-order chi connectivity index (χ0) is 16.3. The number of hydrogen-bond donors (Lipinski definition) is 2. The molecule has 3 N–H and O–H groups in total. The molecule has 1 aliphatic carbocycles. The van der Waals surface area contributed by atoms with Gasteiger partial charge in [-0.05, 0) is 30.7 Å². The van der Waals surface area contributed by atoms with Crippen LogP contribution in [-0.4, -0.2) is 11.9 Å². The third-order valence-corrected chi connectivity index (χ3v) is 4.45. The number of nitrogens with one attached hydrogen (secondary N) is 1. The topological polar surface area (TPSA) is 55.1 Å². The van der Waals surface area contributed by atoms with E-state index in [-0.39, 0.29) is 23.8 Å². The first-order chi connectivity index (χ1) is 10.4. The van der Waals surface area contributed by atoms with E-state index in [9.17, 15) is 13.6 Å². The normalized spacial score (nSPS) is 22.8. The van der Waals surface area contributed by atoms with Crippen LogP contribution in [0, 0.1) is 23.5 Å². The van der Waals surface area contributed by atoms with Gasteiger partial charge in [0.2, 0.25) is 5.91 Å². The second kappa shape index (κ2) is 7.18. The molecule has 3 atom stereocenters. The molecule has 0 saturated heterocycles. The number of carbonyl (C=O) groups excluding carboxylic acids is 1. The maximum Gasteiger partial charge on any atom is 0.220 e. The van der Waals surface area contributed by atoms with Gasteiger partial charge in [-0.3, -0.25) is 4.79 Å². The molecule has 5 heteroatoms. The molecule has 0 radical (unpaired) electrons. The molecule has 0 heterocycles. The molecule has 1 fully saturated rings. The van der Waals surface area contributed by atoms with Gasteiger partial charge in [-0.1, -0.05) is 26.3 Å². The van der Waals surface area contributed by atoms with Crippen molar-refractivity contribution in [1.29, 1.82) is 0 Å². The van der Waals surface area contributed by atoms with Gasteiger partial charge in [-0.15, -0.1) is 0 Å². The van der Waals surface area contributed by atoms with E-state index in [2.05, 4.69) is 5.32 Å². The summed E-state index contributed by atoms with van der Waals surface area (Å²) < 4.78 is 27.0. The lowest BCUT2D eigenvalue weighted by molar-refractivity contribution is -0.123. The lowest BCUT2D eigenvalue weighted by Gasteiger charge is -2.25. The van der Waals surface area contributed by atoms with Crippen LogP contribution in [0.5, 0.6) is 0 Å². The SMILES string of the molecule is CC(C)C(NC(=O)C[C@@H]1CCC[C@H]1N)c1ccc(F)cc1F. The Hall–Kier alpha value is -1.49. The molecular weight excluding hydrogens is 286 g/mol. The second-order valence-electron chi connectivity index (χ2n) is 6.51. The lowest BCUT2D eigenvalue weighted by Crippen LogP contribution is -2.35. The van der Waals surface area contributed by atoms with Gasteiger partial charge >= 0.3 is 0 Å². The highest BCUT2D eigenvalue weighted by Crippen LogP contribution is 2.28. The molecule has 0 aromatic heterocycles. The molecule has 0 bridgehead atoms. The molecule has 2 rings (SSSR count). The van der Waals surface area contributed by atoms with Crippen molar-refractivity contribution in [2.75, 3.05) is 0 Å². The first-order valence-corrected chi connectivity index (χ1v) is 7.88. The largest absolute Gasteiger partial charge is 0.349 e. The van der Waals surface area contributed by atoms with Crippen molar-refractivity contribution in [3.05, 3.63) is 35.4 Å². The summed E-state index contributed by atoms with van der Waals surface area (Å²) in [5.41, 5.74) is 6.31.